The number of aromatic nitrogens is 1. The van der Waals surface area contributed by atoms with Crippen LogP contribution in [0.5, 0.6) is 11.8 Å². The third-order valence-electron chi connectivity index (χ3n) is 7.63. The summed E-state index contributed by atoms with van der Waals surface area (Å²) in [6.45, 7) is 5.76. The number of ether oxygens (including phenoxy) is 3. The fourth-order valence-corrected chi connectivity index (χ4v) is 5.14. The average molecular weight is 599 g/mol. The van der Waals surface area contributed by atoms with Gasteiger partial charge in [-0.15, -0.1) is 0 Å². The van der Waals surface area contributed by atoms with E-state index in [1.165, 1.54) is 6.07 Å². The van der Waals surface area contributed by atoms with Crippen molar-refractivity contribution in [2.75, 3.05) is 24.6 Å². The number of piperidine rings is 1. The van der Waals surface area contributed by atoms with E-state index < -0.39 is 11.6 Å². The molecule has 44 heavy (non-hydrogen) atoms. The zero-order chi connectivity index (χ0) is 30.9. The Balaban J connectivity index is 1.30. The number of rotatable bonds is 12. The lowest BCUT2D eigenvalue weighted by Crippen LogP contribution is -2.46. The van der Waals surface area contributed by atoms with Crippen LogP contribution in [0, 0.1) is 11.7 Å². The second-order valence-corrected chi connectivity index (χ2v) is 11.7. The number of hydrogen-bond donors (Lipinski definition) is 1. The molecule has 5 rings (SSSR count). The molecule has 1 N–H and O–H groups in total. The van der Waals surface area contributed by atoms with E-state index in [9.17, 15) is 9.90 Å². The Bertz CT molecular complexity index is 1520. The second kappa shape index (κ2) is 14.4. The monoisotopic (exact) mass is 598 g/mol. The smallest absolute Gasteiger partial charge is 0.308 e. The third-order valence-corrected chi connectivity index (χ3v) is 7.63. The molecule has 1 saturated heterocycles. The van der Waals surface area contributed by atoms with Gasteiger partial charge < -0.3 is 24.2 Å². The van der Waals surface area contributed by atoms with Crippen molar-refractivity contribution in [1.82, 2.24) is 4.98 Å². The van der Waals surface area contributed by atoms with Crippen molar-refractivity contribution < 1.29 is 28.5 Å². The number of nitrogens with zero attached hydrogens (tertiary/aromatic N) is 2. The molecule has 7 nitrogen and oxygen atoms in total. The van der Waals surface area contributed by atoms with Crippen LogP contribution in [-0.4, -0.2) is 41.4 Å². The number of esters is 1. The molecule has 3 aromatic carbocycles. The van der Waals surface area contributed by atoms with Gasteiger partial charge in [-0.25, -0.2) is 4.39 Å². The van der Waals surface area contributed by atoms with Gasteiger partial charge in [0.15, 0.2) is 0 Å². The van der Waals surface area contributed by atoms with Crippen molar-refractivity contribution in [1.29, 1.82) is 0 Å². The highest BCUT2D eigenvalue weighted by Crippen LogP contribution is 2.36. The van der Waals surface area contributed by atoms with E-state index in [2.05, 4.69) is 4.98 Å². The Kier molecular flexibility index (Phi) is 10.1. The molecule has 1 aliphatic rings. The predicted octanol–water partition coefficient (Wildman–Crippen LogP) is 6.97. The van der Waals surface area contributed by atoms with Crippen LogP contribution in [0.15, 0.2) is 91.0 Å². The fraction of sp³-hybridized carbons (Fsp3) is 0.333. The Labute approximate surface area is 258 Å². The highest BCUT2D eigenvalue weighted by molar-refractivity contribution is 5.72. The lowest BCUT2D eigenvalue weighted by atomic mass is 9.88. The van der Waals surface area contributed by atoms with Crippen molar-refractivity contribution in [3.8, 4) is 22.9 Å². The molecule has 0 unspecified atom stereocenters. The zero-order valence-electron chi connectivity index (χ0n) is 25.2. The Morgan fingerprint density at radius 2 is 1.55 bits per heavy atom. The number of pyridine rings is 1. The van der Waals surface area contributed by atoms with Gasteiger partial charge in [0.1, 0.15) is 19.0 Å². The van der Waals surface area contributed by atoms with Crippen molar-refractivity contribution in [2.24, 2.45) is 5.92 Å². The summed E-state index contributed by atoms with van der Waals surface area (Å²) in [5.41, 5.74) is 2.56. The summed E-state index contributed by atoms with van der Waals surface area (Å²) in [7, 11) is 0. The highest BCUT2D eigenvalue weighted by atomic mass is 19.1. The molecule has 8 heteroatoms. The molecule has 230 valence electrons. The minimum Gasteiger partial charge on any atom is -0.473 e. The first-order valence-electron chi connectivity index (χ1n) is 15.1. The van der Waals surface area contributed by atoms with Crippen molar-refractivity contribution in [3.63, 3.8) is 0 Å². The maximum atomic E-state index is 15.6. The normalized spacial score (nSPS) is 14.3. The largest absolute Gasteiger partial charge is 0.473 e. The van der Waals surface area contributed by atoms with Gasteiger partial charge in [-0.1, -0.05) is 80.6 Å². The van der Waals surface area contributed by atoms with E-state index in [4.69, 9.17) is 14.2 Å². The molecule has 2 heterocycles. The van der Waals surface area contributed by atoms with Crippen LogP contribution >= 0.6 is 0 Å². The summed E-state index contributed by atoms with van der Waals surface area (Å²) in [5, 5.41) is 11.0. The molecule has 0 spiro atoms. The minimum absolute atomic E-state index is 0.0567. The third kappa shape index (κ3) is 8.35. The van der Waals surface area contributed by atoms with E-state index in [0.29, 0.717) is 74.3 Å². The van der Waals surface area contributed by atoms with Crippen LogP contribution in [0.2, 0.25) is 0 Å². The summed E-state index contributed by atoms with van der Waals surface area (Å²) in [4.78, 5) is 18.7. The number of carbonyl (C=O) groups excluding carboxylic acids is 1. The molecule has 0 amide bonds. The van der Waals surface area contributed by atoms with E-state index >= 15 is 4.39 Å². The zero-order valence-corrected chi connectivity index (χ0v) is 25.2. The number of carbonyl (C=O) groups is 1. The lowest BCUT2D eigenvalue weighted by molar-refractivity contribution is -0.151. The van der Waals surface area contributed by atoms with Crippen LogP contribution in [0.25, 0.3) is 11.1 Å². The van der Waals surface area contributed by atoms with E-state index in [1.807, 2.05) is 91.5 Å². The molecule has 0 atom stereocenters. The number of anilines is 1. The van der Waals surface area contributed by atoms with Crippen molar-refractivity contribution in [2.45, 2.75) is 51.9 Å². The number of aliphatic hydroxyl groups is 1. The summed E-state index contributed by atoms with van der Waals surface area (Å²) < 4.78 is 33.0. The first-order valence-corrected chi connectivity index (χ1v) is 15.1. The lowest BCUT2D eigenvalue weighted by Gasteiger charge is -2.39. The standard InChI is InChI=1S/C36H39FN2O5/c1-26(2)23-43-34(40)22-36(41)17-19-39(20-18-36)32-15-13-29(21-31(32)37)30-14-16-33(42-24-27-9-5-3-6-10-27)38-35(30)44-25-28-11-7-4-8-12-28/h3-16,21,26,41H,17-20,22-25H2,1-2H3. The number of hydrogen-bond acceptors (Lipinski definition) is 7. The van der Waals surface area contributed by atoms with Crippen LogP contribution in [0.1, 0.15) is 44.2 Å². The quantitative estimate of drug-likeness (QED) is 0.177. The summed E-state index contributed by atoms with van der Waals surface area (Å²) >= 11 is 0. The molecule has 0 saturated carbocycles. The van der Waals surface area contributed by atoms with E-state index in [-0.39, 0.29) is 18.2 Å². The van der Waals surface area contributed by atoms with Gasteiger partial charge >= 0.3 is 5.97 Å². The number of benzene rings is 3. The maximum absolute atomic E-state index is 15.6. The Morgan fingerprint density at radius 1 is 0.909 bits per heavy atom. The topological polar surface area (TPSA) is 81.1 Å². The van der Waals surface area contributed by atoms with Crippen LogP contribution < -0.4 is 14.4 Å². The molecule has 4 aromatic rings. The molecule has 1 aliphatic heterocycles. The van der Waals surface area contributed by atoms with Gasteiger partial charge in [0.2, 0.25) is 11.8 Å². The Morgan fingerprint density at radius 3 is 2.16 bits per heavy atom. The van der Waals surface area contributed by atoms with Crippen LogP contribution in [0.3, 0.4) is 0 Å². The molecule has 1 fully saturated rings. The molecular weight excluding hydrogens is 559 g/mol. The molecule has 0 bridgehead atoms. The second-order valence-electron chi connectivity index (χ2n) is 11.7. The fourth-order valence-electron chi connectivity index (χ4n) is 5.14. The van der Waals surface area contributed by atoms with Gasteiger partial charge in [-0.05, 0) is 53.6 Å². The van der Waals surface area contributed by atoms with Gasteiger partial charge in [0, 0.05) is 24.7 Å². The molecular formula is C36H39FN2O5. The van der Waals surface area contributed by atoms with Crippen LogP contribution in [-0.2, 0) is 22.7 Å². The maximum Gasteiger partial charge on any atom is 0.308 e. The minimum atomic E-state index is -1.15. The summed E-state index contributed by atoms with van der Waals surface area (Å²) in [6, 6.07) is 28.3. The van der Waals surface area contributed by atoms with Crippen molar-refractivity contribution in [3.05, 3.63) is 108 Å². The predicted molar refractivity (Wildman–Crippen MR) is 168 cm³/mol. The van der Waals surface area contributed by atoms with E-state index in [1.54, 1.807) is 12.1 Å². The molecule has 0 radical (unpaired) electrons. The Hall–Kier alpha value is -4.43. The molecule has 1 aromatic heterocycles. The van der Waals surface area contributed by atoms with E-state index in [0.717, 1.165) is 11.1 Å². The summed E-state index contributed by atoms with van der Waals surface area (Å²) in [6.07, 6.45) is 0.631. The van der Waals surface area contributed by atoms with Crippen molar-refractivity contribution >= 4 is 11.7 Å². The first kappa shape index (κ1) is 31.0. The van der Waals surface area contributed by atoms with Crippen LogP contribution in [0.4, 0.5) is 10.1 Å². The van der Waals surface area contributed by atoms with Gasteiger partial charge in [0.25, 0.3) is 0 Å². The van der Waals surface area contributed by atoms with Gasteiger partial charge in [-0.2, -0.15) is 4.98 Å². The SMILES string of the molecule is CC(C)COC(=O)CC1(O)CCN(c2ccc(-c3ccc(OCc4ccccc4)nc3OCc3ccccc3)cc2F)CC1. The van der Waals surface area contributed by atoms with Gasteiger partial charge in [-0.3, -0.25) is 4.79 Å². The first-order chi connectivity index (χ1) is 21.3. The average Bonchev–Trinajstić information content (AvgIpc) is 3.03. The van der Waals surface area contributed by atoms with Gasteiger partial charge in [0.05, 0.1) is 24.3 Å². The molecule has 0 aliphatic carbocycles. The number of halogens is 1. The summed E-state index contributed by atoms with van der Waals surface area (Å²) in [5.74, 6) is 0.198. The highest BCUT2D eigenvalue weighted by Gasteiger charge is 2.35.